The summed E-state index contributed by atoms with van der Waals surface area (Å²) in [5.74, 6) is 0. The summed E-state index contributed by atoms with van der Waals surface area (Å²) in [5.41, 5.74) is 2.22. The summed E-state index contributed by atoms with van der Waals surface area (Å²) in [4.78, 5) is 32.7. The molecule has 3 heterocycles. The van der Waals surface area contributed by atoms with Crippen molar-refractivity contribution in [3.63, 3.8) is 0 Å². The Morgan fingerprint density at radius 3 is 2.40 bits per heavy atom. The maximum atomic E-state index is 12.9. The van der Waals surface area contributed by atoms with Crippen molar-refractivity contribution in [2.45, 2.75) is 31.5 Å². The molecule has 40 heavy (non-hydrogen) atoms. The van der Waals surface area contributed by atoms with Crippen LogP contribution in [0.4, 0.5) is 0 Å². The van der Waals surface area contributed by atoms with Gasteiger partial charge in [0, 0.05) is 22.7 Å². The molecule has 0 aliphatic heterocycles. The molecule has 0 unspecified atom stereocenters. The lowest BCUT2D eigenvalue weighted by atomic mass is 10.1. The van der Waals surface area contributed by atoms with E-state index < -0.39 is 21.3 Å². The van der Waals surface area contributed by atoms with E-state index in [4.69, 9.17) is 0 Å². The summed E-state index contributed by atoms with van der Waals surface area (Å²) in [6.45, 7) is 2.78. The number of hydrogen-bond donors (Lipinski definition) is 2. The molecule has 0 fully saturated rings. The second-order valence-electron chi connectivity index (χ2n) is 9.36. The molecule has 0 amide bonds. The Labute approximate surface area is 233 Å². The first kappa shape index (κ1) is 25.9. The van der Waals surface area contributed by atoms with E-state index in [2.05, 4.69) is 32.9 Å². The number of imidazole rings is 1. The van der Waals surface area contributed by atoms with Crippen molar-refractivity contribution in [2.75, 3.05) is 0 Å². The van der Waals surface area contributed by atoms with Crippen LogP contribution in [0.3, 0.4) is 0 Å². The highest BCUT2D eigenvalue weighted by Crippen LogP contribution is 2.33. The third-order valence-corrected chi connectivity index (χ3v) is 9.38. The maximum Gasteiger partial charge on any atom is 0.330 e. The van der Waals surface area contributed by atoms with Crippen LogP contribution in [0.25, 0.3) is 31.7 Å². The van der Waals surface area contributed by atoms with E-state index in [1.165, 1.54) is 9.27 Å². The van der Waals surface area contributed by atoms with Crippen LogP contribution in [0.2, 0.25) is 0 Å². The Morgan fingerprint density at radius 1 is 0.950 bits per heavy atom. The SMILES string of the molecule is CCn1cnc2c1c(=O)[nH]c(=O)n2Cc1ccc(CNS(=O)(=O)c2ccc(-c3cc4ccccc4s3)cc2)cc1. The van der Waals surface area contributed by atoms with E-state index >= 15 is 0 Å². The first-order chi connectivity index (χ1) is 19.3. The molecule has 6 aromatic rings. The van der Waals surface area contributed by atoms with Crippen molar-refractivity contribution in [3.05, 3.63) is 117 Å². The molecule has 0 atom stereocenters. The zero-order chi connectivity index (χ0) is 27.9. The number of benzene rings is 3. The van der Waals surface area contributed by atoms with Gasteiger partial charge in [-0.25, -0.2) is 22.9 Å². The van der Waals surface area contributed by atoms with Crippen LogP contribution in [0.15, 0.2) is 99.7 Å². The molecule has 0 saturated heterocycles. The largest absolute Gasteiger partial charge is 0.330 e. The monoisotopic (exact) mass is 571 g/mol. The van der Waals surface area contributed by atoms with Crippen LogP contribution >= 0.6 is 11.3 Å². The van der Waals surface area contributed by atoms with E-state index in [0.717, 1.165) is 27.0 Å². The molecule has 0 aliphatic rings. The molecule has 0 radical (unpaired) electrons. The molecule has 0 bridgehead atoms. The van der Waals surface area contributed by atoms with Crippen molar-refractivity contribution in [2.24, 2.45) is 0 Å². The smallest absolute Gasteiger partial charge is 0.325 e. The molecule has 2 N–H and O–H groups in total. The number of nitrogens with zero attached hydrogens (tertiary/aromatic N) is 3. The van der Waals surface area contributed by atoms with Crippen LogP contribution in [-0.2, 0) is 29.7 Å². The summed E-state index contributed by atoms with van der Waals surface area (Å²) in [7, 11) is -3.71. The fourth-order valence-electron chi connectivity index (χ4n) is 4.64. The molecule has 9 nitrogen and oxygen atoms in total. The fraction of sp³-hybridized carbons (Fsp3) is 0.138. The van der Waals surface area contributed by atoms with E-state index in [1.807, 2.05) is 43.3 Å². The predicted octanol–water partition coefficient (Wildman–Crippen LogP) is 4.31. The highest BCUT2D eigenvalue weighted by atomic mass is 32.2. The normalized spacial score (nSPS) is 11.9. The number of nitrogens with one attached hydrogen (secondary N) is 2. The third kappa shape index (κ3) is 4.90. The fourth-order valence-corrected chi connectivity index (χ4v) is 6.72. The Bertz CT molecular complexity index is 2040. The quantitative estimate of drug-likeness (QED) is 0.282. The van der Waals surface area contributed by atoms with Crippen molar-refractivity contribution in [3.8, 4) is 10.4 Å². The minimum absolute atomic E-state index is 0.116. The van der Waals surface area contributed by atoms with Crippen LogP contribution in [0.1, 0.15) is 18.1 Å². The summed E-state index contributed by atoms with van der Waals surface area (Å²) < 4.78 is 32.8. The molecule has 3 aromatic heterocycles. The Morgan fingerprint density at radius 2 is 1.68 bits per heavy atom. The number of hydrogen-bond acceptors (Lipinski definition) is 6. The van der Waals surface area contributed by atoms with Gasteiger partial charge in [-0.1, -0.05) is 54.6 Å². The van der Waals surface area contributed by atoms with Crippen LogP contribution < -0.4 is 16.0 Å². The Balaban J connectivity index is 1.14. The second kappa shape index (κ2) is 10.3. The summed E-state index contributed by atoms with van der Waals surface area (Å²) in [6, 6.07) is 24.4. The molecule has 0 spiro atoms. The van der Waals surface area contributed by atoms with Gasteiger partial charge in [0.2, 0.25) is 10.0 Å². The highest BCUT2D eigenvalue weighted by molar-refractivity contribution is 7.89. The molecule has 0 aliphatic carbocycles. The van der Waals surface area contributed by atoms with Gasteiger partial charge in [0.15, 0.2) is 11.2 Å². The summed E-state index contributed by atoms with van der Waals surface area (Å²) in [5, 5.41) is 1.16. The van der Waals surface area contributed by atoms with Gasteiger partial charge in [-0.2, -0.15) is 0 Å². The zero-order valence-electron chi connectivity index (χ0n) is 21.5. The van der Waals surface area contributed by atoms with Gasteiger partial charge < -0.3 is 4.57 Å². The number of aromatic amines is 1. The molecular formula is C29H25N5O4S2. The number of H-pyrrole nitrogens is 1. The number of aromatic nitrogens is 4. The lowest BCUT2D eigenvalue weighted by Gasteiger charge is -2.10. The first-order valence-corrected chi connectivity index (χ1v) is 15.0. The average molecular weight is 572 g/mol. The Hall–Kier alpha value is -4.32. The predicted molar refractivity (Wildman–Crippen MR) is 157 cm³/mol. The third-order valence-electron chi connectivity index (χ3n) is 6.80. The molecular weight excluding hydrogens is 546 g/mol. The maximum absolute atomic E-state index is 12.9. The average Bonchev–Trinajstić information content (AvgIpc) is 3.60. The number of sulfonamides is 1. The second-order valence-corrected chi connectivity index (χ2v) is 12.2. The van der Waals surface area contributed by atoms with E-state index in [-0.39, 0.29) is 18.0 Å². The number of rotatable bonds is 8. The molecule has 11 heteroatoms. The number of fused-ring (bicyclic) bond motifs is 2. The lowest BCUT2D eigenvalue weighted by molar-refractivity contribution is 0.581. The minimum atomic E-state index is -3.71. The van der Waals surface area contributed by atoms with Gasteiger partial charge in [0.25, 0.3) is 5.56 Å². The van der Waals surface area contributed by atoms with Crippen molar-refractivity contribution >= 4 is 42.6 Å². The van der Waals surface area contributed by atoms with Gasteiger partial charge >= 0.3 is 5.69 Å². The van der Waals surface area contributed by atoms with Gasteiger partial charge in [-0.3, -0.25) is 14.3 Å². The molecule has 0 saturated carbocycles. The van der Waals surface area contributed by atoms with Crippen LogP contribution in [-0.4, -0.2) is 27.5 Å². The number of aryl methyl sites for hydroxylation is 1. The van der Waals surface area contributed by atoms with Gasteiger partial charge in [0.05, 0.1) is 17.8 Å². The van der Waals surface area contributed by atoms with Gasteiger partial charge in [-0.15, -0.1) is 11.3 Å². The van der Waals surface area contributed by atoms with Crippen molar-refractivity contribution in [1.29, 1.82) is 0 Å². The summed E-state index contributed by atoms with van der Waals surface area (Å²) >= 11 is 1.67. The van der Waals surface area contributed by atoms with E-state index in [0.29, 0.717) is 17.7 Å². The first-order valence-electron chi connectivity index (χ1n) is 12.7. The molecule has 202 valence electrons. The minimum Gasteiger partial charge on any atom is -0.325 e. The van der Waals surface area contributed by atoms with E-state index in [1.54, 1.807) is 46.5 Å². The molecule has 3 aromatic carbocycles. The number of thiophene rings is 1. The molecule has 6 rings (SSSR count). The van der Waals surface area contributed by atoms with Crippen molar-refractivity contribution < 1.29 is 8.42 Å². The zero-order valence-corrected chi connectivity index (χ0v) is 23.1. The van der Waals surface area contributed by atoms with Gasteiger partial charge in [-0.05, 0) is 53.3 Å². The lowest BCUT2D eigenvalue weighted by Crippen LogP contribution is -2.31. The highest BCUT2D eigenvalue weighted by Gasteiger charge is 2.16. The van der Waals surface area contributed by atoms with Crippen molar-refractivity contribution in [1.82, 2.24) is 23.8 Å². The Kier molecular flexibility index (Phi) is 6.70. The summed E-state index contributed by atoms with van der Waals surface area (Å²) in [6.07, 6.45) is 1.54. The van der Waals surface area contributed by atoms with Crippen LogP contribution in [0, 0.1) is 0 Å². The van der Waals surface area contributed by atoms with E-state index in [9.17, 15) is 18.0 Å². The standard InChI is InChI=1S/C29H25N5O4S2/c1-2-33-18-30-27-26(33)28(35)32-29(36)34(27)17-20-9-7-19(8-10-20)16-31-40(37,38)23-13-11-21(12-14-23)25-15-22-5-3-4-6-24(22)39-25/h3-15,18,31H,2,16-17H2,1H3,(H,32,35,36). The van der Waals surface area contributed by atoms with Crippen LogP contribution in [0.5, 0.6) is 0 Å². The topological polar surface area (TPSA) is 119 Å². The van der Waals surface area contributed by atoms with Gasteiger partial charge in [0.1, 0.15) is 0 Å².